The van der Waals surface area contributed by atoms with E-state index in [2.05, 4.69) is 41.5 Å². The van der Waals surface area contributed by atoms with Crippen LogP contribution in [-0.2, 0) is 14.4 Å². The average molecular weight is 637 g/mol. The number of aliphatic carboxylic acids is 3. The standard InChI is InChI=1S/C39H72O6/c1-7-13-16-30(10-4)27-34-33(19-20-35(40)41)21-24-38(25-22-36(42)43,28-31(11-5)17-14-8-2)39(34,26-23-37(44)45)29-32(12-6)18-15-9-3/h30-34H,7-29H2,1-6H3,(H,40,41)(H,42,43)(H,44,45). The van der Waals surface area contributed by atoms with Gasteiger partial charge >= 0.3 is 17.9 Å². The molecule has 0 heterocycles. The van der Waals surface area contributed by atoms with Crippen LogP contribution in [0.4, 0.5) is 0 Å². The molecule has 0 saturated heterocycles. The Morgan fingerprint density at radius 2 is 1.11 bits per heavy atom. The Labute approximate surface area is 276 Å². The first kappa shape index (κ1) is 41.4. The van der Waals surface area contributed by atoms with Crippen LogP contribution >= 0.6 is 0 Å². The van der Waals surface area contributed by atoms with Crippen LogP contribution in [0, 0.1) is 40.4 Å². The van der Waals surface area contributed by atoms with Crippen LogP contribution < -0.4 is 0 Å². The lowest BCUT2D eigenvalue weighted by molar-refractivity contribution is -0.160. The maximum Gasteiger partial charge on any atom is 0.303 e. The second-order valence-electron chi connectivity index (χ2n) is 15.0. The summed E-state index contributed by atoms with van der Waals surface area (Å²) in [5.74, 6) is -0.411. The zero-order chi connectivity index (χ0) is 33.9. The largest absolute Gasteiger partial charge is 0.481 e. The maximum absolute atomic E-state index is 12.5. The van der Waals surface area contributed by atoms with Gasteiger partial charge < -0.3 is 15.3 Å². The molecule has 1 rings (SSSR count). The van der Waals surface area contributed by atoms with E-state index in [-0.39, 0.29) is 41.9 Å². The fraction of sp³-hybridized carbons (Fsp3) is 0.923. The predicted octanol–water partition coefficient (Wildman–Crippen LogP) is 11.4. The summed E-state index contributed by atoms with van der Waals surface area (Å²) in [5, 5.41) is 30.1. The van der Waals surface area contributed by atoms with E-state index in [1.807, 2.05) is 0 Å². The van der Waals surface area contributed by atoms with Gasteiger partial charge in [0.15, 0.2) is 0 Å². The Kier molecular flexibility index (Phi) is 20.3. The van der Waals surface area contributed by atoms with Gasteiger partial charge in [-0.05, 0) is 91.8 Å². The third kappa shape index (κ3) is 13.2. The lowest BCUT2D eigenvalue weighted by Gasteiger charge is -2.63. The van der Waals surface area contributed by atoms with Crippen molar-refractivity contribution < 1.29 is 29.7 Å². The van der Waals surface area contributed by atoms with Gasteiger partial charge in [-0.15, -0.1) is 0 Å². The second kappa shape index (κ2) is 22.1. The highest BCUT2D eigenvalue weighted by molar-refractivity contribution is 5.67. The molecule has 6 nitrogen and oxygen atoms in total. The van der Waals surface area contributed by atoms with E-state index in [4.69, 9.17) is 0 Å². The van der Waals surface area contributed by atoms with Gasteiger partial charge in [-0.25, -0.2) is 0 Å². The number of hydrogen-bond acceptors (Lipinski definition) is 3. The minimum absolute atomic E-state index is 0.0959. The number of hydrogen-bond donors (Lipinski definition) is 3. The summed E-state index contributed by atoms with van der Waals surface area (Å²) >= 11 is 0. The van der Waals surface area contributed by atoms with Gasteiger partial charge in [-0.1, -0.05) is 119 Å². The molecule has 7 atom stereocenters. The quantitative estimate of drug-likeness (QED) is 0.0827. The van der Waals surface area contributed by atoms with Gasteiger partial charge in [-0.3, -0.25) is 14.4 Å². The van der Waals surface area contributed by atoms with E-state index in [9.17, 15) is 29.7 Å². The molecule has 0 bridgehead atoms. The van der Waals surface area contributed by atoms with E-state index in [0.717, 1.165) is 103 Å². The van der Waals surface area contributed by atoms with Crippen molar-refractivity contribution in [1.29, 1.82) is 0 Å². The van der Waals surface area contributed by atoms with Gasteiger partial charge in [0.25, 0.3) is 0 Å². The molecule has 0 aromatic carbocycles. The summed E-state index contributed by atoms with van der Waals surface area (Å²) in [4.78, 5) is 36.7. The van der Waals surface area contributed by atoms with Crippen molar-refractivity contribution in [1.82, 2.24) is 0 Å². The monoisotopic (exact) mass is 637 g/mol. The fourth-order valence-electron chi connectivity index (χ4n) is 9.50. The minimum Gasteiger partial charge on any atom is -0.481 e. The van der Waals surface area contributed by atoms with Crippen molar-refractivity contribution >= 4 is 17.9 Å². The van der Waals surface area contributed by atoms with Gasteiger partial charge in [0.1, 0.15) is 0 Å². The molecule has 0 radical (unpaired) electrons. The molecule has 3 N–H and O–H groups in total. The molecule has 0 amide bonds. The van der Waals surface area contributed by atoms with E-state index in [1.54, 1.807) is 0 Å². The number of carbonyl (C=O) groups is 3. The molecular weight excluding hydrogens is 564 g/mol. The zero-order valence-electron chi connectivity index (χ0n) is 30.2. The Morgan fingerprint density at radius 3 is 1.58 bits per heavy atom. The smallest absolute Gasteiger partial charge is 0.303 e. The SMILES string of the molecule is CCCCC(CC)CC1C(CCC(=O)O)CCC(CCC(=O)O)(CC(CC)CCCC)C1(CCC(=O)O)CC(CC)CCCC. The molecule has 1 saturated carbocycles. The van der Waals surface area contributed by atoms with Crippen LogP contribution in [0.3, 0.4) is 0 Å². The van der Waals surface area contributed by atoms with Crippen LogP contribution in [0.5, 0.6) is 0 Å². The zero-order valence-corrected chi connectivity index (χ0v) is 30.2. The molecule has 0 aromatic rings. The average Bonchev–Trinajstić information content (AvgIpc) is 3.01. The summed E-state index contributed by atoms with van der Waals surface area (Å²) in [5.41, 5.74) is -0.585. The molecule has 1 fully saturated rings. The molecule has 0 aromatic heterocycles. The molecule has 0 aliphatic heterocycles. The Morgan fingerprint density at radius 1 is 0.644 bits per heavy atom. The first-order valence-corrected chi connectivity index (χ1v) is 19.1. The highest BCUT2D eigenvalue weighted by atomic mass is 16.4. The first-order valence-electron chi connectivity index (χ1n) is 19.1. The van der Waals surface area contributed by atoms with Gasteiger partial charge in [-0.2, -0.15) is 0 Å². The van der Waals surface area contributed by atoms with Crippen LogP contribution in [-0.4, -0.2) is 33.2 Å². The van der Waals surface area contributed by atoms with Crippen molar-refractivity contribution in [2.24, 2.45) is 40.4 Å². The molecule has 1 aliphatic rings. The van der Waals surface area contributed by atoms with Crippen molar-refractivity contribution in [2.75, 3.05) is 0 Å². The van der Waals surface area contributed by atoms with Crippen LogP contribution in [0.1, 0.15) is 189 Å². The summed E-state index contributed by atoms with van der Waals surface area (Å²) in [6, 6.07) is 0. The van der Waals surface area contributed by atoms with Crippen LogP contribution in [0.15, 0.2) is 0 Å². The summed E-state index contributed by atoms with van der Waals surface area (Å²) in [7, 11) is 0. The van der Waals surface area contributed by atoms with Crippen molar-refractivity contribution in [2.45, 2.75) is 189 Å². The maximum atomic E-state index is 12.5. The Hall–Kier alpha value is -1.59. The highest BCUT2D eigenvalue weighted by Crippen LogP contribution is 2.68. The van der Waals surface area contributed by atoms with E-state index in [1.165, 1.54) is 6.42 Å². The third-order valence-corrected chi connectivity index (χ3v) is 12.2. The molecule has 1 aliphatic carbocycles. The summed E-state index contributed by atoms with van der Waals surface area (Å²) in [6.45, 7) is 13.5. The molecular formula is C39H72O6. The van der Waals surface area contributed by atoms with Gasteiger partial charge in [0.05, 0.1) is 0 Å². The van der Waals surface area contributed by atoms with Crippen molar-refractivity contribution in [3.63, 3.8) is 0 Å². The Bertz CT molecular complexity index is 841. The topological polar surface area (TPSA) is 112 Å². The molecule has 45 heavy (non-hydrogen) atoms. The first-order chi connectivity index (χ1) is 21.5. The molecule has 7 unspecified atom stereocenters. The number of carboxylic acid groups (broad SMARTS) is 3. The molecule has 264 valence electrons. The second-order valence-corrected chi connectivity index (χ2v) is 15.0. The molecule has 0 spiro atoms. The lowest BCUT2D eigenvalue weighted by atomic mass is 9.41. The fourth-order valence-corrected chi connectivity index (χ4v) is 9.50. The van der Waals surface area contributed by atoms with Gasteiger partial charge in [0, 0.05) is 19.3 Å². The van der Waals surface area contributed by atoms with E-state index < -0.39 is 17.9 Å². The third-order valence-electron chi connectivity index (χ3n) is 12.2. The van der Waals surface area contributed by atoms with Gasteiger partial charge in [0.2, 0.25) is 0 Å². The van der Waals surface area contributed by atoms with E-state index in [0.29, 0.717) is 37.0 Å². The summed E-state index contributed by atoms with van der Waals surface area (Å²) < 4.78 is 0. The lowest BCUT2D eigenvalue weighted by Crippen LogP contribution is -2.55. The summed E-state index contributed by atoms with van der Waals surface area (Å²) in [6.07, 6.45) is 20.3. The Balaban J connectivity index is 4.08. The minimum atomic E-state index is -0.773. The predicted molar refractivity (Wildman–Crippen MR) is 185 cm³/mol. The van der Waals surface area contributed by atoms with Crippen LogP contribution in [0.25, 0.3) is 0 Å². The highest BCUT2D eigenvalue weighted by Gasteiger charge is 2.59. The number of rotatable bonds is 27. The van der Waals surface area contributed by atoms with Crippen molar-refractivity contribution in [3.8, 4) is 0 Å². The van der Waals surface area contributed by atoms with Crippen molar-refractivity contribution in [3.05, 3.63) is 0 Å². The van der Waals surface area contributed by atoms with E-state index >= 15 is 0 Å². The normalized spacial score (nSPS) is 25.5. The number of unbranched alkanes of at least 4 members (excludes halogenated alkanes) is 3. The molecule has 6 heteroatoms. The van der Waals surface area contributed by atoms with Crippen LogP contribution in [0.2, 0.25) is 0 Å². The number of carboxylic acids is 3.